The van der Waals surface area contributed by atoms with Gasteiger partial charge in [0.2, 0.25) is 15.9 Å². The van der Waals surface area contributed by atoms with Crippen molar-refractivity contribution in [2.24, 2.45) is 5.73 Å². The van der Waals surface area contributed by atoms with Gasteiger partial charge in [-0.3, -0.25) is 4.79 Å². The first kappa shape index (κ1) is 39.2. The number of aliphatic hydroxyl groups is 1. The topological polar surface area (TPSA) is 147 Å². The van der Waals surface area contributed by atoms with Crippen molar-refractivity contribution < 1.29 is 35.5 Å². The van der Waals surface area contributed by atoms with Crippen molar-refractivity contribution in [2.45, 2.75) is 94.2 Å². The van der Waals surface area contributed by atoms with E-state index < -0.39 is 73.1 Å². The largest absolute Gasteiger partial charge is 0.390 e. The van der Waals surface area contributed by atoms with Gasteiger partial charge in [0.05, 0.1) is 22.0 Å². The lowest BCUT2D eigenvalue weighted by Gasteiger charge is -2.32. The Labute approximate surface area is 283 Å². The number of aliphatic hydroxyl groups excluding tert-OH is 1. The Bertz CT molecular complexity index is 1680. The number of amides is 1. The summed E-state index contributed by atoms with van der Waals surface area (Å²) < 4.78 is 84.6. The maximum atomic E-state index is 14.4. The van der Waals surface area contributed by atoms with Crippen LogP contribution in [0.5, 0.6) is 0 Å². The minimum atomic E-state index is -4.36. The Kier molecular flexibility index (Phi) is 14.7. The van der Waals surface area contributed by atoms with E-state index in [1.165, 1.54) is 29.2 Å². The van der Waals surface area contributed by atoms with Crippen molar-refractivity contribution >= 4 is 25.8 Å². The van der Waals surface area contributed by atoms with Gasteiger partial charge in [-0.05, 0) is 66.6 Å². The molecule has 0 aliphatic heterocycles. The fourth-order valence-corrected chi connectivity index (χ4v) is 9.11. The van der Waals surface area contributed by atoms with E-state index in [9.17, 15) is 35.5 Å². The second-order valence-electron chi connectivity index (χ2n) is 12.1. The highest BCUT2D eigenvalue weighted by Crippen LogP contribution is 2.20. The van der Waals surface area contributed by atoms with Gasteiger partial charge >= 0.3 is 0 Å². The summed E-state index contributed by atoms with van der Waals surface area (Å²) in [5.41, 5.74) is 8.09. The first-order valence-corrected chi connectivity index (χ1v) is 19.4. The molecule has 3 rings (SSSR count). The van der Waals surface area contributed by atoms with E-state index in [4.69, 9.17) is 5.73 Å². The first-order chi connectivity index (χ1) is 22.7. The Morgan fingerprint density at radius 1 is 0.854 bits per heavy atom. The molecule has 0 bridgehead atoms. The molecule has 13 heteroatoms. The van der Waals surface area contributed by atoms with Gasteiger partial charge in [-0.1, -0.05) is 76.1 Å². The van der Waals surface area contributed by atoms with E-state index in [2.05, 4.69) is 4.72 Å². The van der Waals surface area contributed by atoms with Crippen LogP contribution in [0.15, 0.2) is 77.7 Å². The Morgan fingerprint density at radius 3 is 2.04 bits per heavy atom. The third-order valence-corrected chi connectivity index (χ3v) is 11.9. The number of halogens is 2. The average Bonchev–Trinajstić information content (AvgIpc) is 3.03. The predicted molar refractivity (Wildman–Crippen MR) is 183 cm³/mol. The molecule has 1 amide bonds. The molecule has 0 aliphatic rings. The van der Waals surface area contributed by atoms with Crippen LogP contribution >= 0.6 is 0 Å². The summed E-state index contributed by atoms with van der Waals surface area (Å²) in [6.45, 7) is 5.16. The molecule has 0 aliphatic carbocycles. The summed E-state index contributed by atoms with van der Waals surface area (Å²) >= 11 is 0. The molecule has 0 fully saturated rings. The van der Waals surface area contributed by atoms with E-state index in [1.807, 2.05) is 32.9 Å². The molecule has 0 heterocycles. The van der Waals surface area contributed by atoms with Gasteiger partial charge < -0.3 is 15.7 Å². The molecule has 0 saturated carbocycles. The summed E-state index contributed by atoms with van der Waals surface area (Å²) in [4.78, 5) is 15.5. The third kappa shape index (κ3) is 11.4. The van der Waals surface area contributed by atoms with Crippen LogP contribution in [-0.4, -0.2) is 68.5 Å². The second kappa shape index (κ2) is 18.0. The van der Waals surface area contributed by atoms with Crippen molar-refractivity contribution in [1.82, 2.24) is 9.62 Å². The number of carbonyl (C=O) groups is 1. The molecule has 264 valence electrons. The molecule has 1 unspecified atom stereocenters. The monoisotopic (exact) mass is 707 g/mol. The van der Waals surface area contributed by atoms with Gasteiger partial charge in [-0.15, -0.1) is 0 Å². The summed E-state index contributed by atoms with van der Waals surface area (Å²) in [5.74, 6) is -3.27. The SMILES string of the molecule is CCCC(CCC)S(=O)(=O)CC(NS(=O)(=O)c1ccccc1)C(=O)N(Cc1cccc(CC)c1)C[C@@H](O)[C@@H](N)Cc1cc(F)cc(F)c1. The van der Waals surface area contributed by atoms with Gasteiger partial charge in [0, 0.05) is 25.2 Å². The molecule has 4 N–H and O–H groups in total. The van der Waals surface area contributed by atoms with Crippen molar-refractivity contribution in [3.05, 3.63) is 101 Å². The number of aryl methyl sites for hydroxylation is 1. The number of rotatable bonds is 19. The average molecular weight is 708 g/mol. The molecule has 3 aromatic rings. The van der Waals surface area contributed by atoms with E-state index >= 15 is 0 Å². The van der Waals surface area contributed by atoms with Gasteiger partial charge in [0.15, 0.2) is 9.84 Å². The number of nitrogens with one attached hydrogen (secondary N) is 1. The fraction of sp³-hybridized carbons (Fsp3) is 0.457. The van der Waals surface area contributed by atoms with E-state index in [0.717, 1.165) is 17.7 Å². The minimum absolute atomic E-state index is 0.0952. The molecule has 3 atom stereocenters. The zero-order valence-electron chi connectivity index (χ0n) is 27.7. The minimum Gasteiger partial charge on any atom is -0.390 e. The smallest absolute Gasteiger partial charge is 0.242 e. The number of sulfonamides is 1. The first-order valence-electron chi connectivity index (χ1n) is 16.2. The normalized spacial score (nSPS) is 14.1. The zero-order chi connectivity index (χ0) is 35.5. The van der Waals surface area contributed by atoms with Gasteiger partial charge in [0.25, 0.3) is 0 Å². The molecule has 48 heavy (non-hydrogen) atoms. The van der Waals surface area contributed by atoms with Gasteiger partial charge in [-0.25, -0.2) is 25.6 Å². The molecule has 9 nitrogen and oxygen atoms in total. The van der Waals surface area contributed by atoms with Crippen molar-refractivity contribution in [2.75, 3.05) is 12.3 Å². The summed E-state index contributed by atoms with van der Waals surface area (Å²) in [7, 11) is -8.35. The van der Waals surface area contributed by atoms with Crippen molar-refractivity contribution in [1.29, 1.82) is 0 Å². The van der Waals surface area contributed by atoms with Crippen molar-refractivity contribution in [3.8, 4) is 0 Å². The number of carbonyl (C=O) groups excluding carboxylic acids is 1. The number of hydrogen-bond donors (Lipinski definition) is 3. The van der Waals surface area contributed by atoms with Gasteiger partial charge in [0.1, 0.15) is 17.7 Å². The molecular formula is C35H47F2N3O6S2. The summed E-state index contributed by atoms with van der Waals surface area (Å²) in [6, 6.07) is 14.7. The maximum absolute atomic E-state index is 14.4. The van der Waals surface area contributed by atoms with Crippen LogP contribution < -0.4 is 10.5 Å². The second-order valence-corrected chi connectivity index (χ2v) is 16.2. The lowest BCUT2D eigenvalue weighted by molar-refractivity contribution is -0.134. The lowest BCUT2D eigenvalue weighted by Crippen LogP contribution is -2.55. The molecule has 3 aromatic carbocycles. The number of sulfone groups is 1. The molecule has 0 spiro atoms. The zero-order valence-corrected chi connectivity index (χ0v) is 29.3. The lowest BCUT2D eigenvalue weighted by atomic mass is 10.0. The maximum Gasteiger partial charge on any atom is 0.242 e. The summed E-state index contributed by atoms with van der Waals surface area (Å²) in [5, 5.41) is 10.4. The quantitative estimate of drug-likeness (QED) is 0.166. The van der Waals surface area contributed by atoms with Crippen LogP contribution in [0.3, 0.4) is 0 Å². The highest BCUT2D eigenvalue weighted by atomic mass is 32.2. The third-order valence-electron chi connectivity index (χ3n) is 8.16. The Balaban J connectivity index is 2.03. The number of hydrogen-bond acceptors (Lipinski definition) is 7. The standard InChI is InChI=1S/C35H47F2N3O6S2/c1-4-11-30(12-5-2)47(43,44)24-33(39-48(45,46)31-15-8-7-9-16-31)35(42)40(22-26-14-10-13-25(6-3)17-26)23-34(41)32(38)20-27-18-28(36)21-29(37)19-27/h7-10,13-19,21,30,32-34,39,41H,4-6,11-12,20,22-24,38H2,1-3H3/t32-,33?,34+/m0/s1. The Hall–Kier alpha value is -3.23. The molecule has 0 saturated heterocycles. The van der Waals surface area contributed by atoms with Crippen LogP contribution in [0.25, 0.3) is 0 Å². The van der Waals surface area contributed by atoms with Crippen LogP contribution in [0.1, 0.15) is 63.1 Å². The number of nitrogens with two attached hydrogens (primary N) is 1. The van der Waals surface area contributed by atoms with Crippen LogP contribution in [0, 0.1) is 11.6 Å². The van der Waals surface area contributed by atoms with Gasteiger partial charge in [-0.2, -0.15) is 4.72 Å². The molecule has 0 radical (unpaired) electrons. The predicted octanol–water partition coefficient (Wildman–Crippen LogP) is 4.52. The summed E-state index contributed by atoms with van der Waals surface area (Å²) in [6.07, 6.45) is 1.01. The van der Waals surface area contributed by atoms with Crippen LogP contribution in [-0.2, 0) is 44.0 Å². The fourth-order valence-electron chi connectivity index (χ4n) is 5.65. The number of nitrogens with zero attached hydrogens (tertiary/aromatic N) is 1. The van der Waals surface area contributed by atoms with Crippen molar-refractivity contribution in [3.63, 3.8) is 0 Å². The van der Waals surface area contributed by atoms with Crippen LogP contribution in [0.4, 0.5) is 8.78 Å². The van der Waals surface area contributed by atoms with E-state index in [1.54, 1.807) is 18.2 Å². The molecule has 0 aromatic heterocycles. The highest BCUT2D eigenvalue weighted by molar-refractivity contribution is 7.92. The Morgan fingerprint density at radius 2 is 1.46 bits per heavy atom. The van der Waals surface area contributed by atoms with E-state index in [0.29, 0.717) is 43.7 Å². The molecular weight excluding hydrogens is 661 g/mol. The number of benzene rings is 3. The highest BCUT2D eigenvalue weighted by Gasteiger charge is 2.37. The van der Waals surface area contributed by atoms with E-state index in [-0.39, 0.29) is 23.4 Å². The van der Waals surface area contributed by atoms with Crippen LogP contribution in [0.2, 0.25) is 0 Å².